The van der Waals surface area contributed by atoms with Gasteiger partial charge in [-0.3, -0.25) is 4.79 Å². The Morgan fingerprint density at radius 2 is 1.60 bits per heavy atom. The summed E-state index contributed by atoms with van der Waals surface area (Å²) < 4.78 is 16.1. The summed E-state index contributed by atoms with van der Waals surface area (Å²) in [6, 6.07) is 18.6. The summed E-state index contributed by atoms with van der Waals surface area (Å²) in [6.45, 7) is -0.109. The highest BCUT2D eigenvalue weighted by Crippen LogP contribution is 2.26. The van der Waals surface area contributed by atoms with Crippen LogP contribution in [-0.2, 0) is 11.3 Å². The van der Waals surface area contributed by atoms with Crippen molar-refractivity contribution in [2.45, 2.75) is 6.61 Å². The molecule has 0 aromatic heterocycles. The van der Waals surface area contributed by atoms with Gasteiger partial charge in [-0.25, -0.2) is 4.79 Å². The zero-order valence-electron chi connectivity index (χ0n) is 16.1. The Morgan fingerprint density at radius 3 is 2.27 bits per heavy atom. The molecule has 0 amide bonds. The van der Waals surface area contributed by atoms with Crippen LogP contribution in [0.2, 0.25) is 10.0 Å². The van der Waals surface area contributed by atoms with Crippen LogP contribution < -0.4 is 9.47 Å². The molecule has 3 rings (SSSR count). The minimum atomic E-state index is -0.606. The van der Waals surface area contributed by atoms with Gasteiger partial charge >= 0.3 is 5.97 Å². The predicted molar refractivity (Wildman–Crippen MR) is 115 cm³/mol. The first-order valence-electron chi connectivity index (χ1n) is 8.98. The lowest BCUT2D eigenvalue weighted by Crippen LogP contribution is -2.14. The maximum absolute atomic E-state index is 12.2. The third kappa shape index (κ3) is 5.53. The molecule has 0 aliphatic heterocycles. The van der Waals surface area contributed by atoms with E-state index in [0.29, 0.717) is 28.7 Å². The average molecular weight is 445 g/mol. The SMILES string of the molecule is COc1ccccc1OCc1ccc(C(=O)OCC(=O)c2ccc(Cl)cc2Cl)cc1. The molecule has 3 aromatic carbocycles. The first kappa shape index (κ1) is 21.7. The molecule has 0 aliphatic rings. The highest BCUT2D eigenvalue weighted by Gasteiger charge is 2.15. The Bertz CT molecular complexity index is 1050. The molecular weight excluding hydrogens is 427 g/mol. The average Bonchev–Trinajstić information content (AvgIpc) is 2.76. The monoisotopic (exact) mass is 444 g/mol. The summed E-state index contributed by atoms with van der Waals surface area (Å²) in [5, 5.41) is 0.631. The Balaban J connectivity index is 1.55. The van der Waals surface area contributed by atoms with Gasteiger partial charge in [-0.1, -0.05) is 47.5 Å². The molecule has 7 heteroatoms. The number of para-hydroxylation sites is 2. The number of rotatable bonds is 8. The van der Waals surface area contributed by atoms with Gasteiger partial charge in [-0.15, -0.1) is 0 Å². The van der Waals surface area contributed by atoms with Gasteiger partial charge in [0, 0.05) is 10.6 Å². The minimum Gasteiger partial charge on any atom is -0.493 e. The van der Waals surface area contributed by atoms with Gasteiger partial charge in [0.15, 0.2) is 18.1 Å². The second-order valence-electron chi connectivity index (χ2n) is 6.26. The topological polar surface area (TPSA) is 61.8 Å². The van der Waals surface area contributed by atoms with Crippen LogP contribution in [0.25, 0.3) is 0 Å². The van der Waals surface area contributed by atoms with Gasteiger partial charge in [0.25, 0.3) is 0 Å². The highest BCUT2D eigenvalue weighted by atomic mass is 35.5. The van der Waals surface area contributed by atoms with Crippen LogP contribution in [0.5, 0.6) is 11.5 Å². The maximum Gasteiger partial charge on any atom is 0.338 e. The molecular formula is C23H18Cl2O5. The van der Waals surface area contributed by atoms with Crippen LogP contribution in [0.3, 0.4) is 0 Å². The molecule has 0 saturated carbocycles. The highest BCUT2D eigenvalue weighted by molar-refractivity contribution is 6.36. The summed E-state index contributed by atoms with van der Waals surface area (Å²) >= 11 is 11.8. The van der Waals surface area contributed by atoms with Crippen molar-refractivity contribution < 1.29 is 23.8 Å². The van der Waals surface area contributed by atoms with E-state index in [1.54, 1.807) is 37.4 Å². The summed E-state index contributed by atoms with van der Waals surface area (Å²) in [7, 11) is 1.58. The minimum absolute atomic E-state index is 0.211. The quantitative estimate of drug-likeness (QED) is 0.333. The van der Waals surface area contributed by atoms with E-state index in [9.17, 15) is 9.59 Å². The van der Waals surface area contributed by atoms with Gasteiger partial charge in [-0.05, 0) is 48.0 Å². The van der Waals surface area contributed by atoms with Gasteiger partial charge in [-0.2, -0.15) is 0 Å². The van der Waals surface area contributed by atoms with E-state index in [-0.39, 0.29) is 10.6 Å². The number of ketones is 1. The lowest BCUT2D eigenvalue weighted by molar-refractivity contribution is 0.0474. The zero-order valence-corrected chi connectivity index (χ0v) is 17.6. The first-order valence-corrected chi connectivity index (χ1v) is 9.73. The van der Waals surface area contributed by atoms with Crippen molar-refractivity contribution in [3.63, 3.8) is 0 Å². The van der Waals surface area contributed by atoms with Crippen LogP contribution in [0, 0.1) is 0 Å². The van der Waals surface area contributed by atoms with E-state index in [1.807, 2.05) is 24.3 Å². The molecule has 0 radical (unpaired) electrons. The summed E-state index contributed by atoms with van der Waals surface area (Å²) in [6.07, 6.45) is 0. The predicted octanol–water partition coefficient (Wildman–Crippen LogP) is 5.62. The zero-order chi connectivity index (χ0) is 21.5. The molecule has 0 N–H and O–H groups in total. The van der Waals surface area contributed by atoms with E-state index < -0.39 is 18.4 Å². The molecule has 0 saturated heterocycles. The van der Waals surface area contributed by atoms with Crippen LogP contribution in [0.1, 0.15) is 26.3 Å². The third-order valence-electron chi connectivity index (χ3n) is 4.22. The van der Waals surface area contributed by atoms with Crippen molar-refractivity contribution >= 4 is 35.0 Å². The number of Topliss-reactive ketones (excluding diaryl/α,β-unsaturated/α-hetero) is 1. The number of carbonyl (C=O) groups is 2. The second kappa shape index (κ2) is 10.1. The van der Waals surface area contributed by atoms with E-state index in [0.717, 1.165) is 5.56 Å². The van der Waals surface area contributed by atoms with Crippen LogP contribution in [0.4, 0.5) is 0 Å². The van der Waals surface area contributed by atoms with Gasteiger partial charge in [0.1, 0.15) is 6.61 Å². The molecule has 0 heterocycles. The van der Waals surface area contributed by atoms with Crippen molar-refractivity contribution in [2.75, 3.05) is 13.7 Å². The van der Waals surface area contributed by atoms with Crippen molar-refractivity contribution in [3.05, 3.63) is 93.5 Å². The van der Waals surface area contributed by atoms with Crippen molar-refractivity contribution in [1.29, 1.82) is 0 Å². The molecule has 154 valence electrons. The molecule has 0 atom stereocenters. The standard InChI is InChI=1S/C23H18Cl2O5/c1-28-21-4-2-3-5-22(21)29-13-15-6-8-16(9-7-15)23(27)30-14-20(26)18-11-10-17(24)12-19(18)25/h2-12H,13-14H2,1H3. The molecule has 0 fully saturated rings. The van der Waals surface area contributed by atoms with Gasteiger partial charge in [0.05, 0.1) is 17.7 Å². The Hall–Kier alpha value is -3.02. The van der Waals surface area contributed by atoms with Crippen molar-refractivity contribution in [1.82, 2.24) is 0 Å². The number of ether oxygens (including phenoxy) is 3. The Kier molecular flexibility index (Phi) is 7.33. The summed E-state index contributed by atoms with van der Waals surface area (Å²) in [5.74, 6) is 0.253. The number of methoxy groups -OCH3 is 1. The fraction of sp³-hybridized carbons (Fsp3) is 0.130. The number of hydrogen-bond acceptors (Lipinski definition) is 5. The number of esters is 1. The molecule has 0 aliphatic carbocycles. The third-order valence-corrected chi connectivity index (χ3v) is 4.77. The lowest BCUT2D eigenvalue weighted by Gasteiger charge is -2.10. The van der Waals surface area contributed by atoms with Crippen LogP contribution in [0.15, 0.2) is 66.7 Å². The van der Waals surface area contributed by atoms with Crippen molar-refractivity contribution in [2.24, 2.45) is 0 Å². The smallest absolute Gasteiger partial charge is 0.338 e. The molecule has 0 spiro atoms. The van der Waals surface area contributed by atoms with E-state index in [1.165, 1.54) is 12.1 Å². The number of carbonyl (C=O) groups excluding carboxylic acids is 2. The summed E-state index contributed by atoms with van der Waals surface area (Å²) in [5.41, 5.74) is 1.44. The Labute approximate surface area is 184 Å². The molecule has 5 nitrogen and oxygen atoms in total. The fourth-order valence-electron chi connectivity index (χ4n) is 2.64. The number of benzene rings is 3. The largest absolute Gasteiger partial charge is 0.493 e. The molecule has 30 heavy (non-hydrogen) atoms. The van der Waals surface area contributed by atoms with Gasteiger partial charge < -0.3 is 14.2 Å². The first-order chi connectivity index (χ1) is 14.5. The fourth-order valence-corrected chi connectivity index (χ4v) is 3.16. The number of halogens is 2. The summed E-state index contributed by atoms with van der Waals surface area (Å²) in [4.78, 5) is 24.4. The maximum atomic E-state index is 12.2. The van der Waals surface area contributed by atoms with E-state index in [2.05, 4.69) is 0 Å². The normalized spacial score (nSPS) is 10.4. The molecule has 3 aromatic rings. The van der Waals surface area contributed by atoms with Crippen LogP contribution in [-0.4, -0.2) is 25.5 Å². The van der Waals surface area contributed by atoms with Crippen molar-refractivity contribution in [3.8, 4) is 11.5 Å². The van der Waals surface area contributed by atoms with E-state index >= 15 is 0 Å². The van der Waals surface area contributed by atoms with Gasteiger partial charge in [0.2, 0.25) is 5.78 Å². The lowest BCUT2D eigenvalue weighted by atomic mass is 10.1. The second-order valence-corrected chi connectivity index (χ2v) is 7.10. The van der Waals surface area contributed by atoms with Crippen LogP contribution >= 0.6 is 23.2 Å². The van der Waals surface area contributed by atoms with E-state index in [4.69, 9.17) is 37.4 Å². The Morgan fingerprint density at radius 1 is 0.900 bits per heavy atom. The molecule has 0 bridgehead atoms. The molecule has 0 unspecified atom stereocenters. The number of hydrogen-bond donors (Lipinski definition) is 0.